The van der Waals surface area contributed by atoms with Gasteiger partial charge in [-0.25, -0.2) is 0 Å². The maximum Gasteiger partial charge on any atom is 0.183 e. The van der Waals surface area contributed by atoms with Crippen LogP contribution in [0.1, 0.15) is 84.0 Å². The lowest BCUT2D eigenvalue weighted by Gasteiger charge is -2.19. The minimum absolute atomic E-state index is 0.213. The summed E-state index contributed by atoms with van der Waals surface area (Å²) in [6, 6.07) is 10.3. The van der Waals surface area contributed by atoms with Gasteiger partial charge in [-0.1, -0.05) is 89.6 Å². The van der Waals surface area contributed by atoms with Crippen LogP contribution in [-0.2, 0) is 9.47 Å². The average Bonchev–Trinajstić information content (AvgIpc) is 2.56. The maximum absolute atomic E-state index is 6.02. The molecule has 1 atom stereocenters. The fraction of sp³-hybridized carbons (Fsp3) is 0.714. The van der Waals surface area contributed by atoms with Gasteiger partial charge in [-0.05, 0) is 18.8 Å². The predicted octanol–water partition coefficient (Wildman–Crippen LogP) is 6.52. The summed E-state index contributed by atoms with van der Waals surface area (Å²) in [5, 5.41) is 0. The van der Waals surface area contributed by atoms with E-state index < -0.39 is 0 Å². The molecule has 0 aliphatic heterocycles. The van der Waals surface area contributed by atoms with E-state index in [-0.39, 0.29) is 6.29 Å². The smallest absolute Gasteiger partial charge is 0.183 e. The van der Waals surface area contributed by atoms with E-state index in [1.165, 1.54) is 38.5 Å². The Balaban J connectivity index is 2.24. The highest BCUT2D eigenvalue weighted by Gasteiger charge is 2.12. The topological polar surface area (TPSA) is 18.5 Å². The van der Waals surface area contributed by atoms with E-state index in [1.807, 2.05) is 18.2 Å². The Kier molecular flexibility index (Phi) is 11.9. The number of hydrogen-bond acceptors (Lipinski definition) is 2. The minimum atomic E-state index is -0.213. The standard InChI is InChI=1S/C21H36O2/c1-4-5-6-7-8-9-13-17-22-21(23-18-16-19(2)3)20-14-11-10-12-15-20/h10-12,14-15,19,21H,4-9,13,16-18H2,1-3H3. The lowest BCUT2D eigenvalue weighted by atomic mass is 10.1. The number of unbranched alkanes of at least 4 members (excludes halogenated alkanes) is 6. The second-order valence-corrected chi connectivity index (χ2v) is 6.79. The van der Waals surface area contributed by atoms with Crippen molar-refractivity contribution >= 4 is 0 Å². The van der Waals surface area contributed by atoms with Crippen molar-refractivity contribution < 1.29 is 9.47 Å². The van der Waals surface area contributed by atoms with Gasteiger partial charge in [-0.2, -0.15) is 0 Å². The summed E-state index contributed by atoms with van der Waals surface area (Å²) in [6.45, 7) is 8.25. The Hall–Kier alpha value is -0.860. The van der Waals surface area contributed by atoms with Gasteiger partial charge < -0.3 is 9.47 Å². The third-order valence-electron chi connectivity index (χ3n) is 4.05. The summed E-state index contributed by atoms with van der Waals surface area (Å²) in [6.07, 6.45) is 10.0. The van der Waals surface area contributed by atoms with Crippen LogP contribution in [0.4, 0.5) is 0 Å². The van der Waals surface area contributed by atoms with E-state index >= 15 is 0 Å². The van der Waals surface area contributed by atoms with Crippen molar-refractivity contribution in [2.24, 2.45) is 5.92 Å². The van der Waals surface area contributed by atoms with Crippen molar-refractivity contribution in [1.29, 1.82) is 0 Å². The average molecular weight is 321 g/mol. The number of benzene rings is 1. The van der Waals surface area contributed by atoms with E-state index in [1.54, 1.807) is 0 Å². The minimum Gasteiger partial charge on any atom is -0.348 e. The molecular weight excluding hydrogens is 284 g/mol. The number of hydrogen-bond donors (Lipinski definition) is 0. The Bertz CT molecular complexity index is 361. The van der Waals surface area contributed by atoms with Gasteiger partial charge in [0.2, 0.25) is 0 Å². The molecular formula is C21H36O2. The molecule has 1 aromatic rings. The van der Waals surface area contributed by atoms with Crippen molar-refractivity contribution in [2.45, 2.75) is 78.4 Å². The van der Waals surface area contributed by atoms with Gasteiger partial charge in [-0.15, -0.1) is 0 Å². The van der Waals surface area contributed by atoms with Gasteiger partial charge >= 0.3 is 0 Å². The van der Waals surface area contributed by atoms with Crippen molar-refractivity contribution in [3.05, 3.63) is 35.9 Å². The zero-order chi connectivity index (χ0) is 16.8. The quantitative estimate of drug-likeness (QED) is 0.287. The molecule has 2 heteroatoms. The van der Waals surface area contributed by atoms with E-state index in [0.717, 1.165) is 31.6 Å². The van der Waals surface area contributed by atoms with Crippen LogP contribution >= 0.6 is 0 Å². The van der Waals surface area contributed by atoms with Crippen LogP contribution in [0.3, 0.4) is 0 Å². The zero-order valence-electron chi connectivity index (χ0n) is 15.4. The molecule has 0 aliphatic carbocycles. The molecule has 132 valence electrons. The van der Waals surface area contributed by atoms with Crippen LogP contribution in [0.25, 0.3) is 0 Å². The molecule has 1 rings (SSSR count). The largest absolute Gasteiger partial charge is 0.348 e. The van der Waals surface area contributed by atoms with Crippen LogP contribution < -0.4 is 0 Å². The molecule has 0 aliphatic rings. The molecule has 0 saturated heterocycles. The lowest BCUT2D eigenvalue weighted by molar-refractivity contribution is -0.149. The predicted molar refractivity (Wildman–Crippen MR) is 98.5 cm³/mol. The Morgan fingerprint density at radius 2 is 1.39 bits per heavy atom. The first kappa shape index (κ1) is 20.2. The first-order valence-electron chi connectivity index (χ1n) is 9.52. The fourth-order valence-corrected chi connectivity index (χ4v) is 2.51. The molecule has 0 bridgehead atoms. The summed E-state index contributed by atoms with van der Waals surface area (Å²) >= 11 is 0. The molecule has 2 nitrogen and oxygen atoms in total. The fourth-order valence-electron chi connectivity index (χ4n) is 2.51. The molecule has 0 aromatic heterocycles. The number of ether oxygens (including phenoxy) is 2. The van der Waals surface area contributed by atoms with Crippen molar-refractivity contribution in [3.8, 4) is 0 Å². The first-order chi connectivity index (χ1) is 11.2. The maximum atomic E-state index is 6.02. The molecule has 0 radical (unpaired) electrons. The van der Waals surface area contributed by atoms with Crippen molar-refractivity contribution in [1.82, 2.24) is 0 Å². The van der Waals surface area contributed by atoms with E-state index in [0.29, 0.717) is 5.92 Å². The van der Waals surface area contributed by atoms with Gasteiger partial charge in [0.15, 0.2) is 6.29 Å². The van der Waals surface area contributed by atoms with Crippen LogP contribution in [0, 0.1) is 5.92 Å². The number of rotatable bonds is 14. The van der Waals surface area contributed by atoms with Gasteiger partial charge in [0.05, 0.1) is 13.2 Å². The SMILES string of the molecule is CCCCCCCCCOC(OCCC(C)C)c1ccccc1. The van der Waals surface area contributed by atoms with Crippen LogP contribution in [-0.4, -0.2) is 13.2 Å². The summed E-state index contributed by atoms with van der Waals surface area (Å²) < 4.78 is 12.0. The molecule has 0 amide bonds. The van der Waals surface area contributed by atoms with Gasteiger partial charge in [-0.3, -0.25) is 0 Å². The molecule has 0 N–H and O–H groups in total. The van der Waals surface area contributed by atoms with Gasteiger partial charge in [0.1, 0.15) is 0 Å². The summed E-state index contributed by atoms with van der Waals surface area (Å²) in [5.41, 5.74) is 1.12. The highest BCUT2D eigenvalue weighted by atomic mass is 16.7. The van der Waals surface area contributed by atoms with Gasteiger partial charge in [0.25, 0.3) is 0 Å². The second kappa shape index (κ2) is 13.6. The molecule has 1 unspecified atom stereocenters. The molecule has 0 saturated carbocycles. The molecule has 0 fully saturated rings. The Morgan fingerprint density at radius 3 is 2.04 bits per heavy atom. The Labute approximate surface area is 143 Å². The van der Waals surface area contributed by atoms with E-state index in [9.17, 15) is 0 Å². The molecule has 23 heavy (non-hydrogen) atoms. The summed E-state index contributed by atoms with van der Waals surface area (Å²) in [7, 11) is 0. The van der Waals surface area contributed by atoms with E-state index in [2.05, 4.69) is 32.9 Å². The van der Waals surface area contributed by atoms with Crippen LogP contribution in [0.15, 0.2) is 30.3 Å². The lowest BCUT2D eigenvalue weighted by Crippen LogP contribution is -2.12. The van der Waals surface area contributed by atoms with Crippen LogP contribution in [0.5, 0.6) is 0 Å². The van der Waals surface area contributed by atoms with Crippen molar-refractivity contribution in [2.75, 3.05) is 13.2 Å². The van der Waals surface area contributed by atoms with Crippen molar-refractivity contribution in [3.63, 3.8) is 0 Å². The highest BCUT2D eigenvalue weighted by Crippen LogP contribution is 2.20. The molecule has 1 aromatic carbocycles. The third-order valence-corrected chi connectivity index (χ3v) is 4.05. The third kappa shape index (κ3) is 10.5. The summed E-state index contributed by atoms with van der Waals surface area (Å²) in [4.78, 5) is 0. The zero-order valence-corrected chi connectivity index (χ0v) is 15.4. The van der Waals surface area contributed by atoms with Crippen LogP contribution in [0.2, 0.25) is 0 Å². The first-order valence-corrected chi connectivity index (χ1v) is 9.52. The van der Waals surface area contributed by atoms with E-state index in [4.69, 9.17) is 9.47 Å². The van der Waals surface area contributed by atoms with Gasteiger partial charge in [0, 0.05) is 5.56 Å². The molecule has 0 heterocycles. The monoisotopic (exact) mass is 320 g/mol. The second-order valence-electron chi connectivity index (χ2n) is 6.79. The molecule has 0 spiro atoms. The highest BCUT2D eigenvalue weighted by molar-refractivity contribution is 5.15. The Morgan fingerprint density at radius 1 is 0.783 bits per heavy atom. The summed E-state index contributed by atoms with van der Waals surface area (Å²) in [5.74, 6) is 0.662. The normalized spacial score (nSPS) is 12.7.